The monoisotopic (exact) mass is 575 g/mol. The number of thioether (sulfide) groups is 3. The van der Waals surface area contributed by atoms with E-state index in [-0.39, 0.29) is 6.04 Å². The summed E-state index contributed by atoms with van der Waals surface area (Å²) in [7, 11) is 0. The van der Waals surface area contributed by atoms with E-state index in [1.807, 2.05) is 11.7 Å². The van der Waals surface area contributed by atoms with Crippen LogP contribution in [0.1, 0.15) is 17.2 Å². The molecule has 0 aliphatic carbocycles. The lowest BCUT2D eigenvalue weighted by Crippen LogP contribution is -2.09. The molecule has 0 saturated heterocycles. The van der Waals surface area contributed by atoms with E-state index >= 15 is 0 Å². The first kappa shape index (κ1) is 27.4. The molecule has 3 unspecified atom stereocenters. The van der Waals surface area contributed by atoms with Gasteiger partial charge in [-0.15, -0.1) is 11.3 Å². The molecule has 3 aromatic rings. The standard InChI is InChI=1S/C8H10N4S.C7H10N4S.C7H9N3S2/c9-8-12-7(5-13-8)3-6-4-10-1-2-11-6;8-7-11-5(4-12-7)3-6-9-1-2-10-6;8-7-10-6(3-12-7)1-5-2-11-4-9-5/h1-2,4,7H,3,5H2,(H2,9,12);1-2,5H,3-4H2,(H2,8,11)(H,9,10);2,4,6H,1,3H2,(H2,8,10). The number of aromatic amines is 1. The average molecular weight is 576 g/mol. The van der Waals surface area contributed by atoms with Crippen molar-refractivity contribution in [3.05, 3.63) is 59.1 Å². The third-order valence-corrected chi connectivity index (χ3v) is 8.67. The van der Waals surface area contributed by atoms with Crippen molar-refractivity contribution >= 4 is 62.1 Å². The zero-order chi connectivity index (χ0) is 25.9. The van der Waals surface area contributed by atoms with Crippen LogP contribution in [0.2, 0.25) is 0 Å². The zero-order valence-electron chi connectivity index (χ0n) is 20.0. The maximum Gasteiger partial charge on any atom is 0.154 e. The van der Waals surface area contributed by atoms with Gasteiger partial charge in [-0.2, -0.15) is 0 Å². The number of imidazole rings is 1. The van der Waals surface area contributed by atoms with Gasteiger partial charge in [-0.25, -0.2) is 9.97 Å². The number of amidine groups is 3. The van der Waals surface area contributed by atoms with Crippen molar-refractivity contribution in [3.63, 3.8) is 0 Å². The minimum absolute atomic E-state index is 0.279. The van der Waals surface area contributed by atoms with Gasteiger partial charge < -0.3 is 22.2 Å². The lowest BCUT2D eigenvalue weighted by molar-refractivity contribution is 0.730. The van der Waals surface area contributed by atoms with Crippen molar-refractivity contribution in [1.29, 1.82) is 0 Å². The molecule has 15 heteroatoms. The summed E-state index contributed by atoms with van der Waals surface area (Å²) in [5, 5.41) is 4.17. The minimum Gasteiger partial charge on any atom is -0.379 e. The van der Waals surface area contributed by atoms with Crippen LogP contribution in [0.5, 0.6) is 0 Å². The normalized spacial score (nSPS) is 22.3. The molecule has 6 heterocycles. The molecule has 0 amide bonds. The Hall–Kier alpha value is -2.62. The van der Waals surface area contributed by atoms with Crippen molar-refractivity contribution in [2.75, 3.05) is 17.3 Å². The summed E-state index contributed by atoms with van der Waals surface area (Å²) in [5.74, 6) is 3.93. The lowest BCUT2D eigenvalue weighted by atomic mass is 10.2. The predicted molar refractivity (Wildman–Crippen MR) is 157 cm³/mol. The first-order valence-electron chi connectivity index (χ1n) is 11.5. The summed E-state index contributed by atoms with van der Waals surface area (Å²) in [6, 6.07) is 0.931. The smallest absolute Gasteiger partial charge is 0.154 e. The van der Waals surface area contributed by atoms with Gasteiger partial charge >= 0.3 is 0 Å². The van der Waals surface area contributed by atoms with Crippen molar-refractivity contribution in [2.24, 2.45) is 32.2 Å². The molecular formula is C22H29N11S4. The molecule has 3 aliphatic heterocycles. The van der Waals surface area contributed by atoms with Gasteiger partial charge in [-0.3, -0.25) is 24.9 Å². The second-order valence-electron chi connectivity index (χ2n) is 8.12. The molecular weight excluding hydrogens is 547 g/mol. The fourth-order valence-electron chi connectivity index (χ4n) is 3.51. The molecule has 3 aromatic heterocycles. The highest BCUT2D eigenvalue weighted by Crippen LogP contribution is 2.19. The molecule has 0 spiro atoms. The van der Waals surface area contributed by atoms with Crippen LogP contribution in [-0.4, -0.2) is 75.8 Å². The van der Waals surface area contributed by atoms with Crippen molar-refractivity contribution in [3.8, 4) is 0 Å². The summed E-state index contributed by atoms with van der Waals surface area (Å²) in [5.41, 5.74) is 20.6. The second-order valence-corrected chi connectivity index (χ2v) is 12.0. The number of nitrogens with zero attached hydrogens (tertiary/aromatic N) is 7. The molecule has 196 valence electrons. The van der Waals surface area contributed by atoms with Gasteiger partial charge in [-0.05, 0) is 0 Å². The highest BCUT2D eigenvalue weighted by Gasteiger charge is 2.18. The molecule has 7 N–H and O–H groups in total. The van der Waals surface area contributed by atoms with Gasteiger partial charge in [-0.1, -0.05) is 35.3 Å². The van der Waals surface area contributed by atoms with Crippen LogP contribution < -0.4 is 17.2 Å². The Kier molecular flexibility index (Phi) is 10.6. The van der Waals surface area contributed by atoms with Gasteiger partial charge in [0.15, 0.2) is 15.5 Å². The van der Waals surface area contributed by atoms with E-state index in [0.29, 0.717) is 22.4 Å². The Labute approximate surface area is 232 Å². The Morgan fingerprint density at radius 2 is 1.35 bits per heavy atom. The number of rotatable bonds is 6. The molecule has 0 radical (unpaired) electrons. The number of nitrogens with one attached hydrogen (secondary N) is 1. The average Bonchev–Trinajstić information content (AvgIpc) is 3.72. The van der Waals surface area contributed by atoms with Crippen LogP contribution in [-0.2, 0) is 19.3 Å². The summed E-state index contributed by atoms with van der Waals surface area (Å²) in [4.78, 5) is 32.4. The van der Waals surface area contributed by atoms with Crippen LogP contribution in [0.25, 0.3) is 0 Å². The van der Waals surface area contributed by atoms with Gasteiger partial charge in [0.05, 0.1) is 35.0 Å². The molecule has 0 bridgehead atoms. The highest BCUT2D eigenvalue weighted by atomic mass is 32.2. The van der Waals surface area contributed by atoms with Crippen molar-refractivity contribution in [2.45, 2.75) is 37.4 Å². The van der Waals surface area contributed by atoms with Crippen LogP contribution in [0.4, 0.5) is 0 Å². The maximum absolute atomic E-state index is 5.56. The van der Waals surface area contributed by atoms with E-state index in [1.54, 1.807) is 71.4 Å². The SMILES string of the molecule is NC1=NC(Cc2cnccn2)CS1.NC1=NC(Cc2cscn2)CS1.NC1=NC(Cc2ncc[nH]2)CS1. The van der Waals surface area contributed by atoms with E-state index in [1.165, 1.54) is 0 Å². The maximum atomic E-state index is 5.56. The summed E-state index contributed by atoms with van der Waals surface area (Å²) in [6.07, 6.45) is 11.3. The van der Waals surface area contributed by atoms with E-state index in [9.17, 15) is 0 Å². The minimum atomic E-state index is 0.279. The predicted octanol–water partition coefficient (Wildman–Crippen LogP) is 1.95. The van der Waals surface area contributed by atoms with Crippen LogP contribution in [0.3, 0.4) is 0 Å². The molecule has 3 aliphatic rings. The molecule has 0 aromatic carbocycles. The van der Waals surface area contributed by atoms with Crippen molar-refractivity contribution < 1.29 is 0 Å². The Balaban J connectivity index is 0.000000130. The summed E-state index contributed by atoms with van der Waals surface area (Å²) < 4.78 is 0. The molecule has 37 heavy (non-hydrogen) atoms. The largest absolute Gasteiger partial charge is 0.379 e. The number of H-pyrrole nitrogens is 1. The number of hydrogen-bond donors (Lipinski definition) is 4. The number of nitrogens with two attached hydrogens (primary N) is 3. The third kappa shape index (κ3) is 9.64. The highest BCUT2D eigenvalue weighted by molar-refractivity contribution is 8.14. The van der Waals surface area contributed by atoms with E-state index in [0.717, 1.165) is 58.9 Å². The van der Waals surface area contributed by atoms with Crippen molar-refractivity contribution in [1.82, 2.24) is 24.9 Å². The quantitative estimate of drug-likeness (QED) is 0.339. The molecule has 3 atom stereocenters. The molecule has 6 rings (SSSR count). The lowest BCUT2D eigenvalue weighted by Gasteiger charge is -2.02. The summed E-state index contributed by atoms with van der Waals surface area (Å²) >= 11 is 6.47. The molecule has 0 fully saturated rings. The van der Waals surface area contributed by atoms with Crippen LogP contribution in [0.15, 0.2) is 56.9 Å². The zero-order valence-corrected chi connectivity index (χ0v) is 23.3. The first-order valence-corrected chi connectivity index (χ1v) is 15.4. The fourth-order valence-corrected chi connectivity index (χ4v) is 6.42. The number of aromatic nitrogens is 5. The Bertz CT molecular complexity index is 1110. The fraction of sp³-hybridized carbons (Fsp3) is 0.409. The molecule has 0 saturated carbocycles. The number of thiazole rings is 1. The first-order chi connectivity index (χ1) is 18.0. The van der Waals surface area contributed by atoms with E-state index < -0.39 is 0 Å². The second kappa shape index (κ2) is 14.4. The van der Waals surface area contributed by atoms with E-state index in [4.69, 9.17) is 17.2 Å². The Morgan fingerprint density at radius 1 is 0.730 bits per heavy atom. The van der Waals surface area contributed by atoms with Crippen LogP contribution in [0, 0.1) is 0 Å². The number of hydrogen-bond acceptors (Lipinski definition) is 14. The van der Waals surface area contributed by atoms with Gasteiger partial charge in [0, 0.05) is 72.9 Å². The Morgan fingerprint density at radius 3 is 1.81 bits per heavy atom. The van der Waals surface area contributed by atoms with Gasteiger partial charge in [0.1, 0.15) is 5.82 Å². The molecule has 11 nitrogen and oxygen atoms in total. The van der Waals surface area contributed by atoms with E-state index in [2.05, 4.69) is 45.3 Å². The van der Waals surface area contributed by atoms with Gasteiger partial charge in [0.2, 0.25) is 0 Å². The third-order valence-electron chi connectivity index (χ3n) is 5.17. The number of aliphatic imine (C=N–C) groups is 3. The van der Waals surface area contributed by atoms with Gasteiger partial charge in [0.25, 0.3) is 0 Å². The topological polar surface area (TPSA) is 182 Å². The van der Waals surface area contributed by atoms with Crippen LogP contribution >= 0.6 is 46.6 Å². The summed E-state index contributed by atoms with van der Waals surface area (Å²) in [6.45, 7) is 0.